The van der Waals surface area contributed by atoms with Crippen LogP contribution in [-0.2, 0) is 9.78 Å². The zero-order valence-corrected chi connectivity index (χ0v) is 7.04. The van der Waals surface area contributed by atoms with Gasteiger partial charge in [-0.25, -0.2) is 0 Å². The van der Waals surface area contributed by atoms with Crippen molar-refractivity contribution < 1.29 is 9.78 Å². The molecule has 0 aromatic carbocycles. The van der Waals surface area contributed by atoms with Crippen molar-refractivity contribution in [3.8, 4) is 0 Å². The van der Waals surface area contributed by atoms with Crippen LogP contribution in [0.15, 0.2) is 36.6 Å². The monoisotopic (exact) mass is 154 g/mol. The Hall–Kier alpha value is -1.02. The zero-order chi connectivity index (χ0) is 8.53. The topological polar surface area (TPSA) is 18.5 Å². The Morgan fingerprint density at radius 3 is 2.73 bits per heavy atom. The van der Waals surface area contributed by atoms with Crippen molar-refractivity contribution in [3.05, 3.63) is 36.6 Å². The largest absolute Gasteiger partial charge is 0.338 e. The predicted molar refractivity (Wildman–Crippen MR) is 45.8 cm³/mol. The molecule has 0 saturated carbocycles. The lowest BCUT2D eigenvalue weighted by atomic mass is 10.4. The summed E-state index contributed by atoms with van der Waals surface area (Å²) >= 11 is 0. The minimum atomic E-state index is 0.505. The van der Waals surface area contributed by atoms with Crippen LogP contribution >= 0.6 is 0 Å². The molecule has 0 radical (unpaired) electrons. The molecule has 0 rings (SSSR count). The fourth-order valence-electron chi connectivity index (χ4n) is 0.436. The standard InChI is InChI=1S/C9H14O2/c1-4-6-7-8-9(3)11-10-5-2/h4,6-8H,3,5H2,1-2H3. The Labute approximate surface area is 67.7 Å². The van der Waals surface area contributed by atoms with Crippen LogP contribution in [0.1, 0.15) is 13.8 Å². The molecule has 0 unspecified atom stereocenters. The molecule has 2 nitrogen and oxygen atoms in total. The number of hydrogen-bond acceptors (Lipinski definition) is 2. The fourth-order valence-corrected chi connectivity index (χ4v) is 0.436. The van der Waals surface area contributed by atoms with Crippen molar-refractivity contribution in [2.75, 3.05) is 6.61 Å². The maximum atomic E-state index is 4.72. The van der Waals surface area contributed by atoms with Gasteiger partial charge in [-0.3, -0.25) is 0 Å². The van der Waals surface area contributed by atoms with Gasteiger partial charge >= 0.3 is 0 Å². The minimum absolute atomic E-state index is 0.505. The molecule has 0 aliphatic heterocycles. The summed E-state index contributed by atoms with van der Waals surface area (Å²) in [5.74, 6) is 0.505. The average molecular weight is 154 g/mol. The first-order valence-electron chi connectivity index (χ1n) is 3.59. The lowest BCUT2D eigenvalue weighted by Gasteiger charge is -1.99. The van der Waals surface area contributed by atoms with Crippen molar-refractivity contribution in [1.82, 2.24) is 0 Å². The van der Waals surface area contributed by atoms with E-state index >= 15 is 0 Å². The molecule has 0 atom stereocenters. The molecule has 0 aliphatic carbocycles. The maximum absolute atomic E-state index is 4.72. The molecule has 0 spiro atoms. The summed E-state index contributed by atoms with van der Waals surface area (Å²) in [6.07, 6.45) is 7.38. The summed E-state index contributed by atoms with van der Waals surface area (Å²) in [6.45, 7) is 7.91. The molecule has 0 aliphatic rings. The van der Waals surface area contributed by atoms with E-state index in [2.05, 4.69) is 11.5 Å². The second-order valence-corrected chi connectivity index (χ2v) is 1.84. The number of allylic oxidation sites excluding steroid dienone is 4. The molecule has 0 aromatic heterocycles. The van der Waals surface area contributed by atoms with Crippen molar-refractivity contribution in [1.29, 1.82) is 0 Å². The second-order valence-electron chi connectivity index (χ2n) is 1.84. The van der Waals surface area contributed by atoms with Gasteiger partial charge in [-0.05, 0) is 19.9 Å². The Morgan fingerprint density at radius 2 is 2.18 bits per heavy atom. The van der Waals surface area contributed by atoms with E-state index in [9.17, 15) is 0 Å². The Morgan fingerprint density at radius 1 is 1.45 bits per heavy atom. The highest BCUT2D eigenvalue weighted by Gasteiger charge is 1.85. The van der Waals surface area contributed by atoms with Crippen LogP contribution in [0, 0.1) is 0 Å². The average Bonchev–Trinajstić information content (AvgIpc) is 2.01. The third kappa shape index (κ3) is 6.87. The molecule has 2 heteroatoms. The number of rotatable bonds is 5. The molecule has 11 heavy (non-hydrogen) atoms. The molecular formula is C9H14O2. The van der Waals surface area contributed by atoms with E-state index in [4.69, 9.17) is 4.89 Å². The lowest BCUT2D eigenvalue weighted by Crippen LogP contribution is -1.89. The molecule has 0 fully saturated rings. The van der Waals surface area contributed by atoms with Crippen molar-refractivity contribution in [2.24, 2.45) is 0 Å². The zero-order valence-electron chi connectivity index (χ0n) is 7.04. The quantitative estimate of drug-likeness (QED) is 0.262. The Kier molecular flexibility index (Phi) is 6.43. The highest BCUT2D eigenvalue weighted by Crippen LogP contribution is 1.96. The van der Waals surface area contributed by atoms with Crippen LogP contribution in [0.5, 0.6) is 0 Å². The van der Waals surface area contributed by atoms with Gasteiger partial charge in [-0.15, -0.1) is 0 Å². The molecule has 62 valence electrons. The molecule has 0 aromatic rings. The summed E-state index contributed by atoms with van der Waals surface area (Å²) in [6, 6.07) is 0. The van der Waals surface area contributed by atoms with E-state index in [1.165, 1.54) is 0 Å². The first-order chi connectivity index (χ1) is 5.31. The van der Waals surface area contributed by atoms with E-state index < -0.39 is 0 Å². The van der Waals surface area contributed by atoms with Gasteiger partial charge in [-0.2, -0.15) is 4.89 Å². The third-order valence-electron chi connectivity index (χ3n) is 0.869. The van der Waals surface area contributed by atoms with E-state index in [1.54, 1.807) is 6.08 Å². The molecule has 0 saturated heterocycles. The van der Waals surface area contributed by atoms with Crippen LogP contribution in [-0.4, -0.2) is 6.61 Å². The molecular weight excluding hydrogens is 140 g/mol. The first-order valence-corrected chi connectivity index (χ1v) is 3.59. The maximum Gasteiger partial charge on any atom is 0.158 e. The summed E-state index contributed by atoms with van der Waals surface area (Å²) in [5.41, 5.74) is 0. The molecule has 0 bridgehead atoms. The van der Waals surface area contributed by atoms with E-state index in [0.29, 0.717) is 12.4 Å². The summed E-state index contributed by atoms with van der Waals surface area (Å²) in [4.78, 5) is 9.37. The van der Waals surface area contributed by atoms with Crippen molar-refractivity contribution in [2.45, 2.75) is 13.8 Å². The predicted octanol–water partition coefficient (Wildman–Crippen LogP) is 2.60. The van der Waals surface area contributed by atoms with Gasteiger partial charge in [0.15, 0.2) is 5.76 Å². The van der Waals surface area contributed by atoms with E-state index in [1.807, 2.05) is 32.1 Å². The first kappa shape index (κ1) is 9.98. The van der Waals surface area contributed by atoms with Gasteiger partial charge in [-0.1, -0.05) is 24.8 Å². The molecule has 0 N–H and O–H groups in total. The lowest BCUT2D eigenvalue weighted by molar-refractivity contribution is -0.253. The normalized spacial score (nSPS) is 11.1. The van der Waals surface area contributed by atoms with E-state index in [-0.39, 0.29) is 0 Å². The van der Waals surface area contributed by atoms with Crippen LogP contribution in [0.3, 0.4) is 0 Å². The third-order valence-corrected chi connectivity index (χ3v) is 0.869. The van der Waals surface area contributed by atoms with Gasteiger partial charge < -0.3 is 4.89 Å². The molecule has 0 heterocycles. The van der Waals surface area contributed by atoms with Crippen LogP contribution in [0.25, 0.3) is 0 Å². The van der Waals surface area contributed by atoms with Crippen LogP contribution < -0.4 is 0 Å². The molecule has 0 amide bonds. The smallest absolute Gasteiger partial charge is 0.158 e. The summed E-state index contributed by atoms with van der Waals surface area (Å²) in [5, 5.41) is 0. The highest BCUT2D eigenvalue weighted by molar-refractivity contribution is 5.13. The van der Waals surface area contributed by atoms with E-state index in [0.717, 1.165) is 0 Å². The van der Waals surface area contributed by atoms with Gasteiger partial charge in [0.05, 0.1) is 6.61 Å². The highest BCUT2D eigenvalue weighted by atomic mass is 17.2. The van der Waals surface area contributed by atoms with Crippen molar-refractivity contribution >= 4 is 0 Å². The Bertz CT molecular complexity index is 157. The fraction of sp³-hybridized carbons (Fsp3) is 0.333. The van der Waals surface area contributed by atoms with Crippen LogP contribution in [0.4, 0.5) is 0 Å². The van der Waals surface area contributed by atoms with Gasteiger partial charge in [0.1, 0.15) is 0 Å². The van der Waals surface area contributed by atoms with Crippen LogP contribution in [0.2, 0.25) is 0 Å². The number of hydrogen-bond donors (Lipinski definition) is 0. The second kappa shape index (κ2) is 7.09. The Balaban J connectivity index is 3.51. The summed E-state index contributed by atoms with van der Waals surface area (Å²) < 4.78 is 0. The van der Waals surface area contributed by atoms with Gasteiger partial charge in [0.25, 0.3) is 0 Å². The van der Waals surface area contributed by atoms with Gasteiger partial charge in [0, 0.05) is 0 Å². The van der Waals surface area contributed by atoms with Gasteiger partial charge in [0.2, 0.25) is 0 Å². The SMILES string of the molecule is C=C(C=CC=CC)OOCC. The summed E-state index contributed by atoms with van der Waals surface area (Å²) in [7, 11) is 0. The minimum Gasteiger partial charge on any atom is -0.338 e. The van der Waals surface area contributed by atoms with Crippen molar-refractivity contribution in [3.63, 3.8) is 0 Å².